The van der Waals surface area contributed by atoms with E-state index in [9.17, 15) is 0 Å². The molecular weight excluding hydrogens is 1200 g/mol. The molecule has 20 nitrogen and oxygen atoms in total. The Morgan fingerprint density at radius 1 is 0.432 bits per heavy atom. The van der Waals surface area contributed by atoms with Gasteiger partial charge in [0.25, 0.3) is 5.78 Å². The number of thiophene rings is 1. The number of aryl methyl sites for hydroxylation is 20. The molecule has 0 saturated carbocycles. The van der Waals surface area contributed by atoms with E-state index in [0.29, 0.717) is 5.78 Å². The fraction of sp³-hybridized carbons (Fsp3) is 0.270. The second-order valence-corrected chi connectivity index (χ2v) is 24.0. The van der Waals surface area contributed by atoms with Gasteiger partial charge < -0.3 is 15.0 Å². The first kappa shape index (κ1) is 73.3. The summed E-state index contributed by atoms with van der Waals surface area (Å²) < 4.78 is 7.59. The second kappa shape index (κ2) is 35.9. The largest absolute Gasteiger partial charge is 0.340 e. The highest BCUT2D eigenvalue weighted by Gasteiger charge is 2.13. The van der Waals surface area contributed by atoms with Crippen molar-refractivity contribution in [2.24, 2.45) is 7.05 Å². The Hall–Kier alpha value is -10.8. The van der Waals surface area contributed by atoms with Crippen LogP contribution in [0.3, 0.4) is 0 Å². The fourth-order valence-electron chi connectivity index (χ4n) is 8.63. The maximum atomic E-state index is 4.27. The highest BCUT2D eigenvalue weighted by Crippen LogP contribution is 2.31. The SMILES string of the molecule is C=C1Nc2cncc(C)c2N1.Cc1cc2c(cn1)cnn2C.Cc1ccc(C)c(C)n1.Cc1cccc(C)n1.Cc1ccn2c(C)cnc2n1.Cc1ccnc(C)c1.Cc1ccsc1C.Cc1cnc2ccccn12.Cc1cnn2c(C)cnc2n1.Cc1ncc(C)c(C)n1. The molecule has 15 rings (SSSR count). The van der Waals surface area contributed by atoms with Crippen LogP contribution in [0.1, 0.15) is 107 Å². The summed E-state index contributed by atoms with van der Waals surface area (Å²) in [6.45, 7) is 41.9. The van der Waals surface area contributed by atoms with E-state index in [1.165, 1.54) is 27.3 Å². The molecule has 0 bridgehead atoms. The predicted molar refractivity (Wildman–Crippen MR) is 387 cm³/mol. The van der Waals surface area contributed by atoms with Crippen LogP contribution in [0.4, 0.5) is 11.4 Å². The van der Waals surface area contributed by atoms with Crippen LogP contribution in [0.25, 0.3) is 28.1 Å². The Labute approximate surface area is 563 Å². The summed E-state index contributed by atoms with van der Waals surface area (Å²) in [6.07, 6.45) is 22.1. The highest BCUT2D eigenvalue weighted by atomic mass is 32.1. The molecule has 1 aliphatic rings. The van der Waals surface area contributed by atoms with Gasteiger partial charge in [-0.1, -0.05) is 24.8 Å². The minimum absolute atomic E-state index is 0.669. The zero-order valence-electron chi connectivity index (χ0n) is 58.7. The van der Waals surface area contributed by atoms with Gasteiger partial charge >= 0.3 is 0 Å². The number of pyridine rings is 6. The van der Waals surface area contributed by atoms with Crippen molar-refractivity contribution in [1.82, 2.24) is 88.0 Å². The van der Waals surface area contributed by atoms with Gasteiger partial charge in [0.2, 0.25) is 5.78 Å². The molecule has 1 aliphatic heterocycles. The summed E-state index contributed by atoms with van der Waals surface area (Å²) >= 11 is 1.80. The molecule has 95 heavy (non-hydrogen) atoms. The Morgan fingerprint density at radius 3 is 1.69 bits per heavy atom. The number of fused-ring (bicyclic) bond motifs is 5. The molecule has 0 aliphatic carbocycles. The minimum atomic E-state index is 0.669. The van der Waals surface area contributed by atoms with Crippen LogP contribution in [-0.4, -0.2) is 88.0 Å². The van der Waals surface area contributed by atoms with E-state index in [2.05, 4.69) is 143 Å². The summed E-state index contributed by atoms with van der Waals surface area (Å²) in [5.41, 5.74) is 23.3. The lowest BCUT2D eigenvalue weighted by Gasteiger charge is -1.99. The third-order valence-electron chi connectivity index (χ3n) is 14.3. The first-order valence-corrected chi connectivity index (χ1v) is 31.8. The van der Waals surface area contributed by atoms with Crippen LogP contribution < -0.4 is 10.6 Å². The maximum absolute atomic E-state index is 4.27. The Balaban J connectivity index is 0.000000168. The summed E-state index contributed by atoms with van der Waals surface area (Å²) in [5, 5.41) is 17.6. The highest BCUT2D eigenvalue weighted by molar-refractivity contribution is 7.10. The molecule has 0 amide bonds. The van der Waals surface area contributed by atoms with E-state index < -0.39 is 0 Å². The fourth-order valence-corrected chi connectivity index (χ4v) is 9.36. The van der Waals surface area contributed by atoms with Gasteiger partial charge in [-0.15, -0.1) is 11.3 Å². The van der Waals surface area contributed by atoms with Gasteiger partial charge in [0, 0.05) is 118 Å². The normalized spacial score (nSPS) is 10.5. The monoisotopic (exact) mass is 1290 g/mol. The zero-order valence-corrected chi connectivity index (χ0v) is 59.5. The summed E-state index contributed by atoms with van der Waals surface area (Å²) in [4.78, 5) is 51.1. The molecule has 0 radical (unpaired) electrons. The molecule has 492 valence electrons. The van der Waals surface area contributed by atoms with E-state index >= 15 is 0 Å². The van der Waals surface area contributed by atoms with Crippen molar-refractivity contribution in [2.75, 3.05) is 10.6 Å². The molecule has 15 heterocycles. The molecule has 21 heteroatoms. The number of aromatic nitrogens is 18. The first-order valence-electron chi connectivity index (χ1n) is 30.9. The molecule has 0 fully saturated rings. The van der Waals surface area contributed by atoms with Gasteiger partial charge in [-0.25, -0.2) is 39.4 Å². The molecular formula is C74H90N20S. The van der Waals surface area contributed by atoms with E-state index in [0.717, 1.165) is 119 Å². The van der Waals surface area contributed by atoms with Crippen molar-refractivity contribution in [3.63, 3.8) is 0 Å². The number of nitrogens with one attached hydrogen (secondary N) is 2. The van der Waals surface area contributed by atoms with E-state index in [-0.39, 0.29) is 0 Å². The molecule has 14 aromatic rings. The average Bonchev–Trinajstić information content (AvgIpc) is 2.13. The van der Waals surface area contributed by atoms with E-state index in [1.54, 1.807) is 34.4 Å². The van der Waals surface area contributed by atoms with Crippen molar-refractivity contribution >= 4 is 50.8 Å². The van der Waals surface area contributed by atoms with Crippen LogP contribution in [0.15, 0.2) is 171 Å². The quantitative estimate of drug-likeness (QED) is 0.144. The van der Waals surface area contributed by atoms with Crippen molar-refractivity contribution in [2.45, 2.75) is 132 Å². The first-order chi connectivity index (χ1) is 45.2. The average molecular weight is 1290 g/mol. The predicted octanol–water partition coefficient (Wildman–Crippen LogP) is 15.9. The van der Waals surface area contributed by atoms with Crippen LogP contribution in [0.2, 0.25) is 0 Å². The standard InChI is InChI=1S/3C8H9N3.C8H8N2.C8H11N.C7H8N4.C7H10N2.2C7H9N.C6H8S/c1-6-3-8-7(4-9-6)5-10-11(8)2;1-5-3-9-4-7-8(5)11-6(2)10-7;1-6-3-4-11-7(2)5-9-8(11)10-6;1-7-6-9-8-4-2-3-5-10(7)8;1-6-4-5-7(2)9-8(6)3;1-5-3-9-11-6(2)4-8-7(11)10-5;1-5-4-8-7(3)9-6(5)2;1-6-3-4-8-7(2)5-6;1-6-4-3-5-7(2)8-6;1-5-3-4-7-6(5)2/h3-5H,1-2H3;3-4,10-11H,2H2,1H3;3-5H,1-2H3;2-6H,1H3;4-5H,1-3H3;3-4H,1-2H3;4H,1-3H3;2*3-5H,1-2H3;3-4H,1-2H3. The molecule has 2 N–H and O–H groups in total. The Kier molecular flexibility index (Phi) is 27.7. The van der Waals surface area contributed by atoms with Crippen molar-refractivity contribution in [3.8, 4) is 0 Å². The minimum Gasteiger partial charge on any atom is -0.340 e. The number of rotatable bonds is 0. The lowest BCUT2D eigenvalue weighted by Crippen LogP contribution is -1.96. The van der Waals surface area contributed by atoms with Crippen LogP contribution in [0.5, 0.6) is 0 Å². The maximum Gasteiger partial charge on any atom is 0.251 e. The third-order valence-corrected chi connectivity index (χ3v) is 15.3. The lowest BCUT2D eigenvalue weighted by atomic mass is 10.2. The Morgan fingerprint density at radius 2 is 1.09 bits per heavy atom. The van der Waals surface area contributed by atoms with Gasteiger partial charge in [0.1, 0.15) is 17.3 Å². The van der Waals surface area contributed by atoms with Crippen LogP contribution in [0, 0.1) is 132 Å². The smallest absolute Gasteiger partial charge is 0.251 e. The van der Waals surface area contributed by atoms with Crippen LogP contribution in [-0.2, 0) is 7.05 Å². The number of nitrogens with zero attached hydrogens (tertiary/aromatic N) is 18. The van der Waals surface area contributed by atoms with Crippen molar-refractivity contribution < 1.29 is 0 Å². The van der Waals surface area contributed by atoms with Gasteiger partial charge in [0.05, 0.1) is 59.3 Å². The molecule has 0 saturated heterocycles. The topological polar surface area (TPSA) is 223 Å². The van der Waals surface area contributed by atoms with Gasteiger partial charge in [-0.05, 0) is 225 Å². The number of hydrogen-bond donors (Lipinski definition) is 2. The summed E-state index contributed by atoms with van der Waals surface area (Å²) in [6, 6.07) is 26.3. The van der Waals surface area contributed by atoms with E-state index in [1.807, 2.05) is 236 Å². The number of hydrogen-bond acceptors (Lipinski definition) is 17. The molecule has 0 unspecified atom stereocenters. The zero-order chi connectivity index (χ0) is 69.3. The van der Waals surface area contributed by atoms with Crippen LogP contribution >= 0.6 is 11.3 Å². The number of imidazole rings is 3. The summed E-state index contributed by atoms with van der Waals surface area (Å²) in [7, 11) is 1.93. The van der Waals surface area contributed by atoms with Gasteiger partial charge in [-0.3, -0.25) is 34.0 Å². The second-order valence-electron chi connectivity index (χ2n) is 22.8. The van der Waals surface area contributed by atoms with Crippen molar-refractivity contribution in [1.29, 1.82) is 0 Å². The molecule has 0 atom stereocenters. The molecule has 0 spiro atoms. The summed E-state index contributed by atoms with van der Waals surface area (Å²) in [5.74, 6) is 3.11. The molecule has 14 aromatic heterocycles. The van der Waals surface area contributed by atoms with E-state index in [4.69, 9.17) is 0 Å². The van der Waals surface area contributed by atoms with Gasteiger partial charge in [0.15, 0.2) is 0 Å². The van der Waals surface area contributed by atoms with Gasteiger partial charge in [-0.2, -0.15) is 10.2 Å². The molecule has 0 aromatic carbocycles. The Bertz CT molecular complexity index is 4520. The lowest BCUT2D eigenvalue weighted by molar-refractivity contribution is 0.796. The third kappa shape index (κ3) is 23.4. The number of anilines is 2. The van der Waals surface area contributed by atoms with Crippen molar-refractivity contribution in [3.05, 3.63) is 278 Å².